The molecule has 1 aliphatic heterocycles. The van der Waals surface area contributed by atoms with Crippen LogP contribution in [0.15, 0.2) is 24.3 Å². The molecule has 5 atom stereocenters. The van der Waals surface area contributed by atoms with Crippen LogP contribution < -0.4 is 5.32 Å². The van der Waals surface area contributed by atoms with Gasteiger partial charge in [0.25, 0.3) is 0 Å². The van der Waals surface area contributed by atoms with E-state index in [1.165, 1.54) is 11.6 Å². The van der Waals surface area contributed by atoms with Gasteiger partial charge in [0, 0.05) is 18.5 Å². The van der Waals surface area contributed by atoms with Gasteiger partial charge in [-0.2, -0.15) is 0 Å². The molecule has 1 amide bonds. The highest BCUT2D eigenvalue weighted by atomic mass is 35.5. The van der Waals surface area contributed by atoms with Gasteiger partial charge in [0.2, 0.25) is 10.7 Å². The van der Waals surface area contributed by atoms with Gasteiger partial charge >= 0.3 is 0 Å². The summed E-state index contributed by atoms with van der Waals surface area (Å²) in [6.45, 7) is 0.779. The first kappa shape index (κ1) is 21.4. The minimum absolute atomic E-state index is 0.171. The van der Waals surface area contributed by atoms with E-state index in [1.807, 2.05) is 22.8 Å². The van der Waals surface area contributed by atoms with Crippen molar-refractivity contribution in [1.82, 2.24) is 19.7 Å². The van der Waals surface area contributed by atoms with Crippen molar-refractivity contribution in [3.63, 3.8) is 0 Å². The van der Waals surface area contributed by atoms with Gasteiger partial charge in [-0.05, 0) is 37.2 Å². The zero-order chi connectivity index (χ0) is 21.6. The molecule has 4 rings (SSSR count). The fourth-order valence-electron chi connectivity index (χ4n) is 3.75. The number of nitrogens with zero attached hydrogens (tertiary/aromatic N) is 3. The maximum absolute atomic E-state index is 11.7. The predicted octanol–water partition coefficient (Wildman–Crippen LogP) is 1.19. The minimum atomic E-state index is -1.39. The van der Waals surface area contributed by atoms with E-state index in [0.29, 0.717) is 21.2 Å². The summed E-state index contributed by atoms with van der Waals surface area (Å²) in [5.74, 6) is 0.140. The SMILES string of the molecule is CC(=O)N[C@@H]1[C@@H](O)[C@H](O)[C@@H](CO)O[C@H]1n1nc(-c2ccccc2Cl)n(C2CC2)c1=S. The number of aliphatic hydroxyl groups is 3. The van der Waals surface area contributed by atoms with E-state index < -0.39 is 43.1 Å². The van der Waals surface area contributed by atoms with Crippen molar-refractivity contribution in [2.45, 2.75) is 56.4 Å². The largest absolute Gasteiger partial charge is 0.394 e. The van der Waals surface area contributed by atoms with E-state index in [1.54, 1.807) is 6.07 Å². The van der Waals surface area contributed by atoms with Crippen molar-refractivity contribution >= 4 is 29.7 Å². The number of benzene rings is 1. The van der Waals surface area contributed by atoms with E-state index in [0.717, 1.165) is 12.8 Å². The first-order chi connectivity index (χ1) is 14.3. The van der Waals surface area contributed by atoms with Crippen molar-refractivity contribution in [3.05, 3.63) is 34.1 Å². The Kier molecular flexibility index (Phi) is 5.97. The maximum Gasteiger partial charge on any atom is 0.217 e. The summed E-state index contributed by atoms with van der Waals surface area (Å²) in [6.07, 6.45) is -2.98. The normalized spacial score (nSPS) is 29.0. The van der Waals surface area contributed by atoms with Crippen LogP contribution >= 0.6 is 23.8 Å². The third-order valence-electron chi connectivity index (χ3n) is 5.37. The lowest BCUT2D eigenvalue weighted by Crippen LogP contribution is -2.62. The zero-order valence-corrected chi connectivity index (χ0v) is 17.8. The van der Waals surface area contributed by atoms with Gasteiger partial charge < -0.3 is 25.4 Å². The summed E-state index contributed by atoms with van der Waals surface area (Å²) in [5.41, 5.74) is 0.696. The number of amides is 1. The van der Waals surface area contributed by atoms with Crippen molar-refractivity contribution in [2.24, 2.45) is 0 Å². The fraction of sp³-hybridized carbons (Fsp3) is 0.526. The van der Waals surface area contributed by atoms with E-state index in [-0.39, 0.29) is 6.04 Å². The molecule has 162 valence electrons. The first-order valence-electron chi connectivity index (χ1n) is 9.69. The predicted molar refractivity (Wildman–Crippen MR) is 110 cm³/mol. The molecular formula is C19H23ClN4O5S. The molecule has 1 aliphatic carbocycles. The lowest BCUT2D eigenvalue weighted by atomic mass is 9.96. The number of hydrogen-bond acceptors (Lipinski definition) is 7. The van der Waals surface area contributed by atoms with Gasteiger partial charge in [-0.3, -0.25) is 9.36 Å². The average molecular weight is 455 g/mol. The van der Waals surface area contributed by atoms with Gasteiger partial charge in [-0.25, -0.2) is 4.68 Å². The molecule has 4 N–H and O–H groups in total. The summed E-state index contributed by atoms with van der Waals surface area (Å²) >= 11 is 12.1. The Morgan fingerprint density at radius 2 is 2.03 bits per heavy atom. The van der Waals surface area contributed by atoms with Crippen LogP contribution in [0.2, 0.25) is 5.02 Å². The number of ether oxygens (including phenoxy) is 1. The number of carbonyl (C=O) groups excluding carboxylic acids is 1. The highest BCUT2D eigenvalue weighted by Gasteiger charge is 2.47. The lowest BCUT2D eigenvalue weighted by Gasteiger charge is -2.42. The molecule has 30 heavy (non-hydrogen) atoms. The van der Waals surface area contributed by atoms with Crippen LogP contribution in [0.25, 0.3) is 11.4 Å². The Bertz CT molecular complexity index is 1010. The number of nitrogens with one attached hydrogen (secondary N) is 1. The number of aliphatic hydroxyl groups excluding tert-OH is 3. The maximum atomic E-state index is 11.7. The second-order valence-corrected chi connectivity index (χ2v) is 8.36. The smallest absolute Gasteiger partial charge is 0.217 e. The third-order valence-corrected chi connectivity index (χ3v) is 6.08. The first-order valence-corrected chi connectivity index (χ1v) is 10.5. The molecule has 2 aromatic rings. The molecule has 0 radical (unpaired) electrons. The van der Waals surface area contributed by atoms with E-state index in [4.69, 9.17) is 28.6 Å². The standard InChI is InChI=1S/C19H23ClN4O5S/c1-9(26)21-14-16(28)15(27)13(8-25)29-18(14)24-19(30)23(10-6-7-10)17(22-24)11-4-2-3-5-12(11)20/h2-5,10,13-16,18,25,27-28H,6-8H2,1H3,(H,21,26)/t13-,14-,15-,16-,18-/m1/s1. The monoisotopic (exact) mass is 454 g/mol. The zero-order valence-electron chi connectivity index (χ0n) is 16.2. The molecule has 2 fully saturated rings. The van der Waals surface area contributed by atoms with Gasteiger partial charge in [-0.15, -0.1) is 5.10 Å². The summed E-state index contributed by atoms with van der Waals surface area (Å²) in [4.78, 5) is 11.7. The molecule has 2 aliphatic rings. The van der Waals surface area contributed by atoms with Gasteiger partial charge in [0.15, 0.2) is 12.1 Å². The molecule has 11 heteroatoms. The Morgan fingerprint density at radius 3 is 2.63 bits per heavy atom. The van der Waals surface area contributed by atoms with Crippen molar-refractivity contribution in [2.75, 3.05) is 6.61 Å². The number of carbonyl (C=O) groups is 1. The van der Waals surface area contributed by atoms with Crippen LogP contribution in [0.3, 0.4) is 0 Å². The molecular weight excluding hydrogens is 432 g/mol. The molecule has 0 unspecified atom stereocenters. The molecule has 1 saturated heterocycles. The average Bonchev–Trinajstić information content (AvgIpc) is 3.49. The Hall–Kier alpha value is -1.82. The molecule has 2 heterocycles. The highest BCUT2D eigenvalue weighted by molar-refractivity contribution is 7.71. The summed E-state index contributed by atoms with van der Waals surface area (Å²) < 4.78 is 9.49. The Labute approximate surface area is 182 Å². The Morgan fingerprint density at radius 1 is 1.33 bits per heavy atom. The van der Waals surface area contributed by atoms with Crippen LogP contribution in [0.1, 0.15) is 32.0 Å². The van der Waals surface area contributed by atoms with Crippen LogP contribution in [0.4, 0.5) is 0 Å². The topological polar surface area (TPSA) is 122 Å². The van der Waals surface area contributed by atoms with Gasteiger partial charge in [0.05, 0.1) is 11.6 Å². The summed E-state index contributed by atoms with van der Waals surface area (Å²) in [7, 11) is 0. The van der Waals surface area contributed by atoms with Crippen LogP contribution in [-0.2, 0) is 9.53 Å². The molecule has 1 aromatic carbocycles. The lowest BCUT2D eigenvalue weighted by molar-refractivity contribution is -0.219. The van der Waals surface area contributed by atoms with Gasteiger partial charge in [0.1, 0.15) is 24.4 Å². The summed E-state index contributed by atoms with van der Waals surface area (Å²) in [5, 5.41) is 38.2. The quantitative estimate of drug-likeness (QED) is 0.500. The van der Waals surface area contributed by atoms with Gasteiger partial charge in [-0.1, -0.05) is 23.7 Å². The third kappa shape index (κ3) is 3.79. The van der Waals surface area contributed by atoms with E-state index in [2.05, 4.69) is 10.4 Å². The van der Waals surface area contributed by atoms with Crippen LogP contribution in [0, 0.1) is 4.77 Å². The molecule has 0 spiro atoms. The number of hydrogen-bond donors (Lipinski definition) is 4. The number of rotatable bonds is 5. The molecule has 9 nitrogen and oxygen atoms in total. The van der Waals surface area contributed by atoms with Crippen LogP contribution in [0.5, 0.6) is 0 Å². The molecule has 1 saturated carbocycles. The Balaban J connectivity index is 1.84. The number of halogens is 1. The summed E-state index contributed by atoms with van der Waals surface area (Å²) in [6, 6.07) is 6.41. The molecule has 1 aromatic heterocycles. The second kappa shape index (κ2) is 8.37. The minimum Gasteiger partial charge on any atom is -0.394 e. The number of aromatic nitrogens is 3. The van der Waals surface area contributed by atoms with Crippen molar-refractivity contribution in [1.29, 1.82) is 0 Å². The van der Waals surface area contributed by atoms with Crippen molar-refractivity contribution in [3.8, 4) is 11.4 Å². The van der Waals surface area contributed by atoms with E-state index >= 15 is 0 Å². The highest BCUT2D eigenvalue weighted by Crippen LogP contribution is 2.41. The van der Waals surface area contributed by atoms with Crippen molar-refractivity contribution < 1.29 is 24.9 Å². The molecule has 0 bridgehead atoms. The fourth-order valence-corrected chi connectivity index (χ4v) is 4.35. The van der Waals surface area contributed by atoms with Crippen LogP contribution in [-0.4, -0.2) is 66.5 Å². The van der Waals surface area contributed by atoms with E-state index in [9.17, 15) is 20.1 Å². The second-order valence-electron chi connectivity index (χ2n) is 7.59.